The van der Waals surface area contributed by atoms with E-state index in [1.165, 1.54) is 4.90 Å². The minimum atomic E-state index is -1.61. The quantitative estimate of drug-likeness (QED) is 0.803. The third-order valence-corrected chi connectivity index (χ3v) is 4.48. The number of para-hydroxylation sites is 1. The maximum absolute atomic E-state index is 13.2. The van der Waals surface area contributed by atoms with Crippen LogP contribution < -0.4 is 10.2 Å². The predicted octanol–water partition coefficient (Wildman–Crippen LogP) is 3.60. The molecule has 148 valence electrons. The van der Waals surface area contributed by atoms with Gasteiger partial charge in [0.2, 0.25) is 0 Å². The smallest absolute Gasteiger partial charge is 0.410 e. The van der Waals surface area contributed by atoms with Gasteiger partial charge in [0, 0.05) is 12.6 Å². The Morgan fingerprint density at radius 2 is 1.71 bits per heavy atom. The van der Waals surface area contributed by atoms with E-state index in [-0.39, 0.29) is 12.5 Å². The first-order chi connectivity index (χ1) is 13.2. The first kappa shape index (κ1) is 19.9. The molecule has 2 aromatic carbocycles. The zero-order valence-electron chi connectivity index (χ0n) is 16.7. The van der Waals surface area contributed by atoms with Crippen molar-refractivity contribution in [3.63, 3.8) is 0 Å². The number of nitrogens with zero attached hydrogens (tertiary/aromatic N) is 1. The number of anilines is 1. The topological polar surface area (TPSA) is 67.9 Å². The summed E-state index contributed by atoms with van der Waals surface area (Å²) in [5, 5.41) is 2.70. The maximum atomic E-state index is 13.2. The Balaban J connectivity index is 1.88. The number of nitrogens with one attached hydrogen (secondary N) is 1. The van der Waals surface area contributed by atoms with Crippen LogP contribution in [0.1, 0.15) is 31.9 Å². The average Bonchev–Trinajstić information content (AvgIpc) is 2.84. The summed E-state index contributed by atoms with van der Waals surface area (Å²) >= 11 is 0. The van der Waals surface area contributed by atoms with Crippen LogP contribution >= 0.6 is 0 Å². The Labute approximate surface area is 165 Å². The fourth-order valence-corrected chi connectivity index (χ4v) is 3.23. The van der Waals surface area contributed by atoms with Crippen molar-refractivity contribution in [2.75, 3.05) is 18.6 Å². The standard InChI is InChI=1S/C22H26N2O4/c1-21(2,3)28-20(26)23-22(27-15-14-16-10-6-5-7-11-16)17-12-8-9-13-18(17)24(4)19(22)25/h5-13H,14-15H2,1-4H3,(H,23,26)/t22-/m1/s1. The second-order valence-corrected chi connectivity index (χ2v) is 7.77. The number of hydrogen-bond acceptors (Lipinski definition) is 4. The predicted molar refractivity (Wildman–Crippen MR) is 107 cm³/mol. The highest BCUT2D eigenvalue weighted by atomic mass is 16.6. The zero-order chi connectivity index (χ0) is 20.4. The summed E-state index contributed by atoms with van der Waals surface area (Å²) in [4.78, 5) is 27.2. The number of hydrogen-bond donors (Lipinski definition) is 1. The molecule has 0 saturated carbocycles. The molecule has 6 nitrogen and oxygen atoms in total. The molecule has 1 atom stereocenters. The normalized spacial score (nSPS) is 18.7. The number of alkyl carbamates (subject to hydrolysis) is 1. The van der Waals surface area contributed by atoms with Gasteiger partial charge in [-0.1, -0.05) is 48.5 Å². The molecule has 1 N–H and O–H groups in total. The van der Waals surface area contributed by atoms with Crippen molar-refractivity contribution in [3.05, 3.63) is 65.7 Å². The highest BCUT2D eigenvalue weighted by molar-refractivity contribution is 6.07. The third-order valence-electron chi connectivity index (χ3n) is 4.48. The van der Waals surface area contributed by atoms with Gasteiger partial charge in [-0.25, -0.2) is 4.79 Å². The van der Waals surface area contributed by atoms with Crippen LogP contribution in [0.5, 0.6) is 0 Å². The number of amides is 2. The largest absolute Gasteiger partial charge is 0.444 e. The molecule has 0 unspecified atom stereocenters. The minimum absolute atomic E-state index is 0.258. The highest BCUT2D eigenvalue weighted by Gasteiger charge is 2.53. The van der Waals surface area contributed by atoms with Gasteiger partial charge in [-0.3, -0.25) is 10.1 Å². The molecule has 6 heteroatoms. The lowest BCUT2D eigenvalue weighted by atomic mass is 10.0. The Bertz CT molecular complexity index is 860. The molecule has 3 rings (SSSR count). The molecule has 28 heavy (non-hydrogen) atoms. The Morgan fingerprint density at radius 3 is 2.39 bits per heavy atom. The van der Waals surface area contributed by atoms with Gasteiger partial charge in [0.15, 0.2) is 0 Å². The fourth-order valence-electron chi connectivity index (χ4n) is 3.23. The highest BCUT2D eigenvalue weighted by Crippen LogP contribution is 2.40. The van der Waals surface area contributed by atoms with Crippen LogP contribution in [0.4, 0.5) is 10.5 Å². The second-order valence-electron chi connectivity index (χ2n) is 7.77. The maximum Gasteiger partial charge on any atom is 0.410 e. The molecular formula is C22H26N2O4. The van der Waals surface area contributed by atoms with E-state index in [4.69, 9.17) is 9.47 Å². The molecule has 0 spiro atoms. The molecule has 1 aliphatic rings. The van der Waals surface area contributed by atoms with E-state index in [2.05, 4.69) is 5.32 Å². The van der Waals surface area contributed by atoms with Crippen LogP contribution in [0.15, 0.2) is 54.6 Å². The van der Waals surface area contributed by atoms with Gasteiger partial charge in [0.1, 0.15) is 5.60 Å². The van der Waals surface area contributed by atoms with E-state index in [1.807, 2.05) is 48.5 Å². The number of rotatable bonds is 5. The molecule has 0 aromatic heterocycles. The molecule has 0 fully saturated rings. The molecule has 1 heterocycles. The average molecular weight is 382 g/mol. The number of fused-ring (bicyclic) bond motifs is 1. The number of ether oxygens (including phenoxy) is 2. The summed E-state index contributed by atoms with van der Waals surface area (Å²) in [6.07, 6.45) is -0.0942. The summed E-state index contributed by atoms with van der Waals surface area (Å²) in [6, 6.07) is 17.1. The molecule has 0 radical (unpaired) electrons. The van der Waals surface area contributed by atoms with E-state index in [0.717, 1.165) is 5.56 Å². The zero-order valence-corrected chi connectivity index (χ0v) is 16.7. The van der Waals surface area contributed by atoms with Crippen LogP contribution in [-0.2, 0) is 26.4 Å². The monoisotopic (exact) mass is 382 g/mol. The lowest BCUT2D eigenvalue weighted by molar-refractivity contribution is -0.148. The van der Waals surface area contributed by atoms with Crippen LogP contribution in [-0.4, -0.2) is 31.3 Å². The van der Waals surface area contributed by atoms with Gasteiger partial charge < -0.3 is 14.4 Å². The van der Waals surface area contributed by atoms with E-state index in [0.29, 0.717) is 17.7 Å². The lowest BCUT2D eigenvalue weighted by Crippen LogP contribution is -2.55. The van der Waals surface area contributed by atoms with Gasteiger partial charge in [-0.05, 0) is 38.8 Å². The van der Waals surface area contributed by atoms with Gasteiger partial charge >= 0.3 is 6.09 Å². The Hall–Kier alpha value is -2.86. The molecule has 0 saturated heterocycles. The molecule has 2 amide bonds. The van der Waals surface area contributed by atoms with E-state index >= 15 is 0 Å². The first-order valence-corrected chi connectivity index (χ1v) is 9.30. The fraction of sp³-hybridized carbons (Fsp3) is 0.364. The van der Waals surface area contributed by atoms with E-state index in [1.54, 1.807) is 33.9 Å². The molecular weight excluding hydrogens is 356 g/mol. The van der Waals surface area contributed by atoms with Crippen molar-refractivity contribution in [1.29, 1.82) is 0 Å². The van der Waals surface area contributed by atoms with Gasteiger partial charge in [-0.15, -0.1) is 0 Å². The van der Waals surface area contributed by atoms with E-state index in [9.17, 15) is 9.59 Å². The van der Waals surface area contributed by atoms with Crippen LogP contribution in [0.25, 0.3) is 0 Å². The molecule has 0 bridgehead atoms. The van der Waals surface area contributed by atoms with Crippen molar-refractivity contribution in [1.82, 2.24) is 5.32 Å². The Morgan fingerprint density at radius 1 is 1.07 bits per heavy atom. The number of carbonyl (C=O) groups excluding carboxylic acids is 2. The summed E-state index contributed by atoms with van der Waals surface area (Å²) in [7, 11) is 1.67. The van der Waals surface area contributed by atoms with Crippen molar-refractivity contribution >= 4 is 17.7 Å². The molecule has 1 aliphatic heterocycles. The van der Waals surface area contributed by atoms with Gasteiger partial charge in [0.05, 0.1) is 12.3 Å². The minimum Gasteiger partial charge on any atom is -0.444 e. The number of likely N-dealkylation sites (N-methyl/N-ethyl adjacent to an activating group) is 1. The third kappa shape index (κ3) is 4.02. The first-order valence-electron chi connectivity index (χ1n) is 9.30. The Kier molecular flexibility index (Phi) is 5.42. The summed E-state index contributed by atoms with van der Waals surface area (Å²) in [5.74, 6) is -0.354. The van der Waals surface area contributed by atoms with Gasteiger partial charge in [0.25, 0.3) is 11.6 Å². The lowest BCUT2D eigenvalue weighted by Gasteiger charge is -2.31. The van der Waals surface area contributed by atoms with E-state index < -0.39 is 17.4 Å². The van der Waals surface area contributed by atoms with Crippen LogP contribution in [0, 0.1) is 0 Å². The number of benzene rings is 2. The summed E-state index contributed by atoms with van der Waals surface area (Å²) in [6.45, 7) is 5.57. The van der Waals surface area contributed by atoms with Crippen LogP contribution in [0.3, 0.4) is 0 Å². The SMILES string of the molecule is CN1C(=O)[C@](NC(=O)OC(C)(C)C)(OCCc2ccccc2)c2ccccc21. The molecule has 0 aliphatic carbocycles. The van der Waals surface area contributed by atoms with Crippen molar-refractivity contribution in [2.24, 2.45) is 0 Å². The summed E-state index contributed by atoms with van der Waals surface area (Å²) in [5.41, 5.74) is 0.0804. The van der Waals surface area contributed by atoms with Crippen molar-refractivity contribution in [3.8, 4) is 0 Å². The number of carbonyl (C=O) groups is 2. The second kappa shape index (κ2) is 7.64. The van der Waals surface area contributed by atoms with Crippen molar-refractivity contribution in [2.45, 2.75) is 38.5 Å². The van der Waals surface area contributed by atoms with Crippen LogP contribution in [0.2, 0.25) is 0 Å². The van der Waals surface area contributed by atoms with Crippen molar-refractivity contribution < 1.29 is 19.1 Å². The summed E-state index contributed by atoms with van der Waals surface area (Å²) < 4.78 is 11.5. The molecule has 2 aromatic rings. The van der Waals surface area contributed by atoms with Gasteiger partial charge in [-0.2, -0.15) is 0 Å².